The van der Waals surface area contributed by atoms with Crippen LogP contribution in [-0.2, 0) is 4.79 Å². The standard InChI is InChI=1S/C34H36N2O2/c1-26-13-15-29(16-14-26)34(30-17-19-31(38-2)20-18-30)36-23-21-35(22-24-36)33(37)25-32(27-9-5-3-6-10-27)28-11-7-4-8-12-28/h3-20,32,34H,21-25H2,1-2H3. The van der Waals surface area contributed by atoms with Crippen LogP contribution in [0.15, 0.2) is 109 Å². The molecular formula is C34H36N2O2. The van der Waals surface area contributed by atoms with Crippen molar-refractivity contribution in [2.75, 3.05) is 33.3 Å². The van der Waals surface area contributed by atoms with Crippen LogP contribution in [0.5, 0.6) is 5.75 Å². The van der Waals surface area contributed by atoms with Gasteiger partial charge in [0, 0.05) is 38.5 Å². The van der Waals surface area contributed by atoms with Crippen molar-refractivity contribution in [2.45, 2.75) is 25.3 Å². The summed E-state index contributed by atoms with van der Waals surface area (Å²) in [6.45, 7) is 5.24. The molecule has 1 unspecified atom stereocenters. The molecule has 1 fully saturated rings. The van der Waals surface area contributed by atoms with E-state index < -0.39 is 0 Å². The first-order valence-electron chi connectivity index (χ1n) is 13.4. The first kappa shape index (κ1) is 25.7. The van der Waals surface area contributed by atoms with Crippen molar-refractivity contribution in [2.24, 2.45) is 0 Å². The number of methoxy groups -OCH3 is 1. The highest BCUT2D eigenvalue weighted by molar-refractivity contribution is 5.78. The zero-order chi connectivity index (χ0) is 26.3. The summed E-state index contributed by atoms with van der Waals surface area (Å²) in [4.78, 5) is 18.1. The van der Waals surface area contributed by atoms with Gasteiger partial charge in [0.25, 0.3) is 0 Å². The molecule has 4 aromatic carbocycles. The number of hydrogen-bond acceptors (Lipinski definition) is 3. The predicted molar refractivity (Wildman–Crippen MR) is 154 cm³/mol. The minimum atomic E-state index is 0.0579. The van der Waals surface area contributed by atoms with Crippen LogP contribution in [-0.4, -0.2) is 49.0 Å². The van der Waals surface area contributed by atoms with Crippen LogP contribution in [0.3, 0.4) is 0 Å². The Morgan fingerprint density at radius 2 is 1.18 bits per heavy atom. The van der Waals surface area contributed by atoms with Crippen molar-refractivity contribution in [3.8, 4) is 5.75 Å². The van der Waals surface area contributed by atoms with Crippen LogP contribution in [0.25, 0.3) is 0 Å². The molecule has 1 aliphatic heterocycles. The molecule has 0 spiro atoms. The maximum absolute atomic E-state index is 13.6. The van der Waals surface area contributed by atoms with Crippen molar-refractivity contribution >= 4 is 5.91 Å². The second kappa shape index (κ2) is 12.1. The summed E-state index contributed by atoms with van der Waals surface area (Å²) in [7, 11) is 1.70. The molecule has 0 saturated carbocycles. The SMILES string of the molecule is COc1ccc(C(c2ccc(C)cc2)N2CCN(C(=O)CC(c3ccccc3)c3ccccc3)CC2)cc1. The summed E-state index contributed by atoms with van der Waals surface area (Å²) >= 11 is 0. The second-order valence-corrected chi connectivity index (χ2v) is 10.1. The van der Waals surface area contributed by atoms with Gasteiger partial charge in [-0.3, -0.25) is 9.69 Å². The van der Waals surface area contributed by atoms with Crippen molar-refractivity contribution in [1.82, 2.24) is 9.80 Å². The summed E-state index contributed by atoms with van der Waals surface area (Å²) in [6, 6.07) is 38.1. The third-order valence-corrected chi connectivity index (χ3v) is 7.64. The number of rotatable bonds is 8. The molecule has 4 nitrogen and oxygen atoms in total. The first-order valence-corrected chi connectivity index (χ1v) is 13.4. The van der Waals surface area contributed by atoms with Gasteiger partial charge in [0.05, 0.1) is 13.2 Å². The fourth-order valence-electron chi connectivity index (χ4n) is 5.48. The van der Waals surface area contributed by atoms with Crippen molar-refractivity contribution < 1.29 is 9.53 Å². The zero-order valence-corrected chi connectivity index (χ0v) is 22.3. The smallest absolute Gasteiger partial charge is 0.223 e. The Kier molecular flexibility index (Phi) is 8.20. The molecule has 1 saturated heterocycles. The average Bonchev–Trinajstić information content (AvgIpc) is 2.98. The molecule has 0 bridgehead atoms. The molecule has 0 radical (unpaired) electrons. The fourth-order valence-corrected chi connectivity index (χ4v) is 5.48. The Labute approximate surface area is 226 Å². The van der Waals surface area contributed by atoms with Gasteiger partial charge in [0.15, 0.2) is 0 Å². The normalized spacial score (nSPS) is 14.9. The number of hydrogen-bond donors (Lipinski definition) is 0. The Hall–Kier alpha value is -3.89. The van der Waals surface area contributed by atoms with E-state index in [1.165, 1.54) is 27.8 Å². The van der Waals surface area contributed by atoms with E-state index in [1.54, 1.807) is 7.11 Å². The van der Waals surface area contributed by atoms with E-state index in [0.29, 0.717) is 6.42 Å². The lowest BCUT2D eigenvalue weighted by Crippen LogP contribution is -2.50. The summed E-state index contributed by atoms with van der Waals surface area (Å²) in [5.41, 5.74) is 6.13. The first-order chi connectivity index (χ1) is 18.6. The van der Waals surface area contributed by atoms with Gasteiger partial charge in [0.2, 0.25) is 5.91 Å². The van der Waals surface area contributed by atoms with E-state index in [0.717, 1.165) is 31.9 Å². The van der Waals surface area contributed by atoms with Crippen molar-refractivity contribution in [3.63, 3.8) is 0 Å². The van der Waals surface area contributed by atoms with Gasteiger partial charge in [-0.05, 0) is 41.3 Å². The molecule has 5 rings (SSSR count). The van der Waals surface area contributed by atoms with Gasteiger partial charge in [-0.2, -0.15) is 0 Å². The molecule has 0 aromatic heterocycles. The molecule has 1 atom stereocenters. The van der Waals surface area contributed by atoms with Gasteiger partial charge in [-0.15, -0.1) is 0 Å². The number of carbonyl (C=O) groups excluding carboxylic acids is 1. The van der Waals surface area contributed by atoms with Gasteiger partial charge < -0.3 is 9.64 Å². The zero-order valence-electron chi connectivity index (χ0n) is 22.3. The quantitative estimate of drug-likeness (QED) is 0.276. The summed E-state index contributed by atoms with van der Waals surface area (Å²) in [5.74, 6) is 1.14. The number of amides is 1. The highest BCUT2D eigenvalue weighted by Crippen LogP contribution is 2.32. The number of ether oxygens (including phenoxy) is 1. The van der Waals surface area contributed by atoms with Gasteiger partial charge in [-0.25, -0.2) is 0 Å². The molecule has 0 aliphatic carbocycles. The third kappa shape index (κ3) is 5.98. The van der Waals surface area contributed by atoms with Gasteiger partial charge in [-0.1, -0.05) is 103 Å². The molecule has 1 heterocycles. The minimum absolute atomic E-state index is 0.0579. The number of benzene rings is 4. The number of aryl methyl sites for hydroxylation is 1. The van der Waals surface area contributed by atoms with E-state index in [2.05, 4.69) is 102 Å². The third-order valence-electron chi connectivity index (χ3n) is 7.64. The van der Waals surface area contributed by atoms with E-state index in [4.69, 9.17) is 4.74 Å². The summed E-state index contributed by atoms with van der Waals surface area (Å²) < 4.78 is 5.39. The second-order valence-electron chi connectivity index (χ2n) is 10.1. The topological polar surface area (TPSA) is 32.8 Å². The molecule has 38 heavy (non-hydrogen) atoms. The van der Waals surface area contributed by atoms with Crippen LogP contribution < -0.4 is 4.74 Å². The number of piperazine rings is 1. The highest BCUT2D eigenvalue weighted by atomic mass is 16.5. The molecule has 4 heteroatoms. The average molecular weight is 505 g/mol. The van der Waals surface area contributed by atoms with Gasteiger partial charge >= 0.3 is 0 Å². The minimum Gasteiger partial charge on any atom is -0.497 e. The van der Waals surface area contributed by atoms with Crippen LogP contribution in [0.1, 0.15) is 46.2 Å². The molecular weight excluding hydrogens is 468 g/mol. The van der Waals surface area contributed by atoms with Crippen LogP contribution in [0, 0.1) is 6.92 Å². The lowest BCUT2D eigenvalue weighted by atomic mass is 9.88. The summed E-state index contributed by atoms with van der Waals surface area (Å²) in [6.07, 6.45) is 0.480. The lowest BCUT2D eigenvalue weighted by molar-refractivity contribution is -0.133. The van der Waals surface area contributed by atoms with Crippen LogP contribution in [0.2, 0.25) is 0 Å². The Morgan fingerprint density at radius 1 is 0.684 bits per heavy atom. The lowest BCUT2D eigenvalue weighted by Gasteiger charge is -2.40. The van der Waals surface area contributed by atoms with Crippen LogP contribution in [0.4, 0.5) is 0 Å². The van der Waals surface area contributed by atoms with E-state index >= 15 is 0 Å². The molecule has 194 valence electrons. The fraction of sp³-hybridized carbons (Fsp3) is 0.265. The maximum atomic E-state index is 13.6. The van der Waals surface area contributed by atoms with E-state index in [1.807, 2.05) is 24.3 Å². The number of carbonyl (C=O) groups is 1. The van der Waals surface area contributed by atoms with Crippen LogP contribution >= 0.6 is 0 Å². The Bertz CT molecular complexity index is 1260. The Balaban J connectivity index is 1.31. The van der Waals surface area contributed by atoms with Crippen molar-refractivity contribution in [3.05, 3.63) is 137 Å². The van der Waals surface area contributed by atoms with E-state index in [9.17, 15) is 4.79 Å². The maximum Gasteiger partial charge on any atom is 0.223 e. The largest absolute Gasteiger partial charge is 0.497 e. The molecule has 1 aliphatic rings. The number of nitrogens with zero attached hydrogens (tertiary/aromatic N) is 2. The van der Waals surface area contributed by atoms with Gasteiger partial charge in [0.1, 0.15) is 5.75 Å². The molecule has 4 aromatic rings. The van der Waals surface area contributed by atoms with E-state index in [-0.39, 0.29) is 17.9 Å². The molecule has 0 N–H and O–H groups in total. The highest BCUT2D eigenvalue weighted by Gasteiger charge is 2.29. The Morgan fingerprint density at radius 3 is 1.68 bits per heavy atom. The summed E-state index contributed by atoms with van der Waals surface area (Å²) in [5, 5.41) is 0. The monoisotopic (exact) mass is 504 g/mol. The predicted octanol–water partition coefficient (Wildman–Crippen LogP) is 6.46. The van der Waals surface area contributed by atoms with Crippen molar-refractivity contribution in [1.29, 1.82) is 0 Å². The molecule has 1 amide bonds.